The summed E-state index contributed by atoms with van der Waals surface area (Å²) in [6.07, 6.45) is 2.10. The van der Waals surface area contributed by atoms with Gasteiger partial charge in [0, 0.05) is 13.1 Å². The highest BCUT2D eigenvalue weighted by Crippen LogP contribution is 2.24. The molecule has 1 spiro atoms. The van der Waals surface area contributed by atoms with Crippen LogP contribution in [0.15, 0.2) is 0 Å². The van der Waals surface area contributed by atoms with Crippen LogP contribution in [0.5, 0.6) is 0 Å². The van der Waals surface area contributed by atoms with E-state index in [1.165, 1.54) is 0 Å². The number of likely N-dealkylation sites (tertiary alicyclic amines) is 1. The molecule has 0 saturated carbocycles. The van der Waals surface area contributed by atoms with Crippen molar-refractivity contribution in [3.05, 3.63) is 0 Å². The van der Waals surface area contributed by atoms with E-state index in [4.69, 9.17) is 10.00 Å². The lowest BCUT2D eigenvalue weighted by atomic mass is 9.93. The van der Waals surface area contributed by atoms with Crippen molar-refractivity contribution in [2.24, 2.45) is 0 Å². The smallest absolute Gasteiger partial charge is 0.179 e. The van der Waals surface area contributed by atoms with Gasteiger partial charge >= 0.3 is 0 Å². The minimum Gasteiger partial charge on any atom is -0.369 e. The lowest BCUT2D eigenvalue weighted by Gasteiger charge is -2.49. The van der Waals surface area contributed by atoms with Crippen molar-refractivity contribution in [2.75, 3.05) is 32.8 Å². The van der Waals surface area contributed by atoms with Crippen LogP contribution in [0.4, 0.5) is 0 Å². The summed E-state index contributed by atoms with van der Waals surface area (Å²) in [5.41, 5.74) is -0.0337. The minimum absolute atomic E-state index is 0.0337. The van der Waals surface area contributed by atoms with Gasteiger partial charge in [-0.25, -0.2) is 0 Å². The maximum Gasteiger partial charge on any atom is 0.179 e. The van der Waals surface area contributed by atoms with Gasteiger partial charge in [-0.1, -0.05) is 0 Å². The summed E-state index contributed by atoms with van der Waals surface area (Å²) in [5.74, 6) is 0. The maximum absolute atomic E-state index is 8.50. The molecule has 0 atom stereocenters. The first-order chi connectivity index (χ1) is 5.35. The molecule has 4 nitrogen and oxygen atoms in total. The normalized spacial score (nSPS) is 27.7. The Hall–Kier alpha value is -0.790. The second kappa shape index (κ2) is 2.36. The van der Waals surface area contributed by atoms with Gasteiger partial charge in [0.05, 0.1) is 19.7 Å². The molecule has 2 aliphatic heterocycles. The number of nitriles is 1. The molecule has 0 bridgehead atoms. The van der Waals surface area contributed by atoms with Crippen LogP contribution in [0.3, 0.4) is 0 Å². The molecule has 11 heavy (non-hydrogen) atoms. The summed E-state index contributed by atoms with van der Waals surface area (Å²) >= 11 is 0. The van der Waals surface area contributed by atoms with Gasteiger partial charge in [-0.3, -0.25) is 0 Å². The van der Waals surface area contributed by atoms with Gasteiger partial charge in [-0.2, -0.15) is 5.26 Å². The molecular weight excluding hydrogens is 142 g/mol. The first kappa shape index (κ1) is 6.89. The minimum atomic E-state index is -0.0337. The van der Waals surface area contributed by atoms with Crippen LogP contribution in [-0.2, 0) is 4.74 Å². The highest BCUT2D eigenvalue weighted by atomic mass is 16.5. The van der Waals surface area contributed by atoms with Crippen LogP contribution in [0.2, 0.25) is 0 Å². The zero-order valence-corrected chi connectivity index (χ0v) is 6.34. The number of nitrogens with one attached hydrogen (secondary N) is 1. The summed E-state index contributed by atoms with van der Waals surface area (Å²) in [6.45, 7) is 4.13. The molecule has 60 valence electrons. The standard InChI is InChI=1S/C7H11N3O/c8-6-10-4-7(5-10)3-9-1-2-11-7/h9H,1-5H2. The fourth-order valence-electron chi connectivity index (χ4n) is 1.63. The molecule has 2 rings (SSSR count). The van der Waals surface area contributed by atoms with E-state index in [9.17, 15) is 0 Å². The Kier molecular flexibility index (Phi) is 1.48. The van der Waals surface area contributed by atoms with Crippen molar-refractivity contribution >= 4 is 0 Å². The van der Waals surface area contributed by atoms with E-state index in [0.717, 1.165) is 32.8 Å². The van der Waals surface area contributed by atoms with Crippen LogP contribution < -0.4 is 5.32 Å². The van der Waals surface area contributed by atoms with Gasteiger partial charge in [0.25, 0.3) is 0 Å². The molecule has 0 aromatic heterocycles. The summed E-state index contributed by atoms with van der Waals surface area (Å²) in [4.78, 5) is 1.72. The summed E-state index contributed by atoms with van der Waals surface area (Å²) in [5, 5.41) is 11.8. The first-order valence-electron chi connectivity index (χ1n) is 3.84. The van der Waals surface area contributed by atoms with E-state index in [1.807, 2.05) is 0 Å². The topological polar surface area (TPSA) is 48.3 Å². The predicted octanol–water partition coefficient (Wildman–Crippen LogP) is -0.858. The Balaban J connectivity index is 1.90. The second-order valence-corrected chi connectivity index (χ2v) is 3.16. The molecular formula is C7H11N3O. The lowest BCUT2D eigenvalue weighted by molar-refractivity contribution is -0.138. The van der Waals surface area contributed by atoms with Crippen molar-refractivity contribution in [3.63, 3.8) is 0 Å². The molecule has 1 N–H and O–H groups in total. The third-order valence-electron chi connectivity index (χ3n) is 2.23. The molecule has 0 unspecified atom stereocenters. The monoisotopic (exact) mass is 153 g/mol. The SMILES string of the molecule is N#CN1CC2(CNCCO2)C1. The Morgan fingerprint density at radius 2 is 2.36 bits per heavy atom. The number of nitrogens with zero attached hydrogens (tertiary/aromatic N) is 2. The first-order valence-corrected chi connectivity index (χ1v) is 3.84. The number of rotatable bonds is 0. The van der Waals surface area contributed by atoms with Gasteiger partial charge < -0.3 is 15.0 Å². The number of hydrogen-bond donors (Lipinski definition) is 1. The molecule has 4 heteroatoms. The van der Waals surface area contributed by atoms with Gasteiger partial charge in [-0.15, -0.1) is 0 Å². The molecule has 2 heterocycles. The van der Waals surface area contributed by atoms with Gasteiger partial charge in [0.1, 0.15) is 5.60 Å². The number of hydrogen-bond acceptors (Lipinski definition) is 4. The van der Waals surface area contributed by atoms with E-state index in [2.05, 4.69) is 11.5 Å². The van der Waals surface area contributed by atoms with E-state index in [0.29, 0.717) is 0 Å². The van der Waals surface area contributed by atoms with Crippen molar-refractivity contribution in [1.29, 1.82) is 5.26 Å². The second-order valence-electron chi connectivity index (χ2n) is 3.16. The average molecular weight is 153 g/mol. The van der Waals surface area contributed by atoms with E-state index >= 15 is 0 Å². The maximum atomic E-state index is 8.50. The quantitative estimate of drug-likeness (QED) is 0.460. The van der Waals surface area contributed by atoms with Crippen LogP contribution >= 0.6 is 0 Å². The molecule has 2 fully saturated rings. The Bertz CT molecular complexity index is 184. The van der Waals surface area contributed by atoms with Gasteiger partial charge in [0.2, 0.25) is 0 Å². The number of morpholine rings is 1. The number of ether oxygens (including phenoxy) is 1. The molecule has 2 aliphatic rings. The average Bonchev–Trinajstić information content (AvgIpc) is 2.01. The summed E-state index contributed by atoms with van der Waals surface area (Å²) in [6, 6.07) is 0. The molecule has 0 radical (unpaired) electrons. The van der Waals surface area contributed by atoms with Crippen LogP contribution in [0.25, 0.3) is 0 Å². The van der Waals surface area contributed by atoms with E-state index < -0.39 is 0 Å². The summed E-state index contributed by atoms with van der Waals surface area (Å²) < 4.78 is 5.58. The lowest BCUT2D eigenvalue weighted by Crippen LogP contribution is -2.68. The predicted molar refractivity (Wildman–Crippen MR) is 38.7 cm³/mol. The summed E-state index contributed by atoms with van der Waals surface area (Å²) in [7, 11) is 0. The van der Waals surface area contributed by atoms with E-state index in [-0.39, 0.29) is 5.60 Å². The molecule has 0 aromatic carbocycles. The van der Waals surface area contributed by atoms with Gasteiger partial charge in [0.15, 0.2) is 6.19 Å². The highest BCUT2D eigenvalue weighted by Gasteiger charge is 2.44. The van der Waals surface area contributed by atoms with Gasteiger partial charge in [-0.05, 0) is 0 Å². The molecule has 2 saturated heterocycles. The van der Waals surface area contributed by atoms with Crippen molar-refractivity contribution < 1.29 is 4.74 Å². The zero-order chi connectivity index (χ0) is 7.73. The Morgan fingerprint density at radius 1 is 1.55 bits per heavy atom. The fraction of sp³-hybridized carbons (Fsp3) is 0.857. The van der Waals surface area contributed by atoms with Crippen molar-refractivity contribution in [1.82, 2.24) is 10.2 Å². The van der Waals surface area contributed by atoms with Crippen LogP contribution in [-0.4, -0.2) is 43.3 Å². The zero-order valence-electron chi connectivity index (χ0n) is 6.34. The van der Waals surface area contributed by atoms with Crippen LogP contribution in [0.1, 0.15) is 0 Å². The fourth-order valence-corrected chi connectivity index (χ4v) is 1.63. The largest absolute Gasteiger partial charge is 0.369 e. The third kappa shape index (κ3) is 1.06. The van der Waals surface area contributed by atoms with Crippen molar-refractivity contribution in [2.45, 2.75) is 5.60 Å². The third-order valence-corrected chi connectivity index (χ3v) is 2.23. The molecule has 0 aliphatic carbocycles. The van der Waals surface area contributed by atoms with Crippen LogP contribution in [0, 0.1) is 11.5 Å². The van der Waals surface area contributed by atoms with E-state index in [1.54, 1.807) is 4.90 Å². The molecule has 0 amide bonds. The Labute approximate surface area is 65.7 Å². The molecule has 0 aromatic rings. The Morgan fingerprint density at radius 3 is 2.91 bits per heavy atom. The van der Waals surface area contributed by atoms with Crippen molar-refractivity contribution in [3.8, 4) is 6.19 Å². The highest BCUT2D eigenvalue weighted by molar-refractivity contribution is 5.04.